The van der Waals surface area contributed by atoms with Crippen LogP contribution in [0.4, 0.5) is 0 Å². The summed E-state index contributed by atoms with van der Waals surface area (Å²) in [5, 5.41) is 5.20. The van der Waals surface area contributed by atoms with Crippen LogP contribution in [0.5, 0.6) is 11.5 Å². The van der Waals surface area contributed by atoms with Gasteiger partial charge >= 0.3 is 0 Å². The Morgan fingerprint density at radius 2 is 1.94 bits per heavy atom. The van der Waals surface area contributed by atoms with Gasteiger partial charge in [0.15, 0.2) is 11.5 Å². The van der Waals surface area contributed by atoms with Gasteiger partial charge in [0.2, 0.25) is 11.8 Å². The monoisotopic (exact) mass is 506 g/mol. The average molecular weight is 507 g/mol. The van der Waals surface area contributed by atoms with Gasteiger partial charge in [0, 0.05) is 10.9 Å². The molecule has 1 fully saturated rings. The maximum atomic E-state index is 13.8. The van der Waals surface area contributed by atoms with E-state index in [-0.39, 0.29) is 23.7 Å². The van der Waals surface area contributed by atoms with Gasteiger partial charge in [-0.25, -0.2) is 0 Å². The Morgan fingerprint density at radius 3 is 2.56 bits per heavy atom. The zero-order valence-corrected chi connectivity index (χ0v) is 21.6. The molecule has 0 saturated heterocycles. The van der Waals surface area contributed by atoms with Crippen LogP contribution >= 0.6 is 22.9 Å². The lowest BCUT2D eigenvalue weighted by atomic mass is 10.0. The van der Waals surface area contributed by atoms with Gasteiger partial charge in [0.25, 0.3) is 0 Å². The highest BCUT2D eigenvalue weighted by Gasteiger charge is 2.33. The number of hydrogen-bond acceptors (Lipinski definition) is 5. The van der Waals surface area contributed by atoms with Gasteiger partial charge in [0.1, 0.15) is 11.9 Å². The van der Waals surface area contributed by atoms with Crippen LogP contribution in [0.1, 0.15) is 68.4 Å². The van der Waals surface area contributed by atoms with E-state index in [1.807, 2.05) is 36.6 Å². The van der Waals surface area contributed by atoms with Gasteiger partial charge in [-0.3, -0.25) is 9.59 Å². The summed E-state index contributed by atoms with van der Waals surface area (Å²) in [5.74, 6) is 0.470. The van der Waals surface area contributed by atoms with Crippen molar-refractivity contribution in [2.24, 2.45) is 0 Å². The lowest BCUT2D eigenvalue weighted by Gasteiger charge is -2.32. The van der Waals surface area contributed by atoms with Crippen molar-refractivity contribution >= 4 is 34.8 Å². The third-order valence-electron chi connectivity index (χ3n) is 6.07. The minimum Gasteiger partial charge on any atom is -0.493 e. The number of benzene rings is 1. The molecular formula is C26H35ClN2O4S. The Balaban J connectivity index is 1.97. The van der Waals surface area contributed by atoms with Crippen molar-refractivity contribution in [2.45, 2.75) is 70.5 Å². The molecule has 0 bridgehead atoms. The fourth-order valence-electron chi connectivity index (χ4n) is 4.33. The van der Waals surface area contributed by atoms with E-state index in [1.165, 1.54) is 12.8 Å². The second-order valence-corrected chi connectivity index (χ2v) is 9.89. The van der Waals surface area contributed by atoms with Crippen LogP contribution in [-0.2, 0) is 16.1 Å². The first-order chi connectivity index (χ1) is 16.6. The number of hydrogen-bond donors (Lipinski definition) is 1. The molecule has 3 rings (SSSR count). The van der Waals surface area contributed by atoms with Gasteiger partial charge in [-0.1, -0.05) is 44.7 Å². The van der Waals surface area contributed by atoms with Crippen LogP contribution in [0.3, 0.4) is 0 Å². The van der Waals surface area contributed by atoms with Crippen LogP contribution in [0.15, 0.2) is 35.7 Å². The zero-order valence-electron chi connectivity index (χ0n) is 20.1. The number of thiophene rings is 1. The number of nitrogens with zero attached hydrogens (tertiary/aromatic N) is 1. The number of ether oxygens (including phenoxy) is 2. The summed E-state index contributed by atoms with van der Waals surface area (Å²) >= 11 is 7.56. The van der Waals surface area contributed by atoms with Crippen molar-refractivity contribution in [2.75, 3.05) is 19.6 Å². The molecule has 2 amide bonds. The molecule has 6 nitrogen and oxygen atoms in total. The number of rotatable bonds is 11. The highest BCUT2D eigenvalue weighted by molar-refractivity contribution is 7.09. The molecule has 1 heterocycles. The van der Waals surface area contributed by atoms with Gasteiger partial charge in [0.05, 0.1) is 20.3 Å². The molecule has 2 aromatic rings. The summed E-state index contributed by atoms with van der Waals surface area (Å²) in [6, 6.07) is 8.63. The van der Waals surface area contributed by atoms with Crippen LogP contribution < -0.4 is 14.8 Å². The molecule has 1 aromatic carbocycles. The third-order valence-corrected chi connectivity index (χ3v) is 7.16. The first-order valence-corrected chi connectivity index (χ1v) is 13.5. The summed E-state index contributed by atoms with van der Waals surface area (Å²) in [7, 11) is 1.58. The topological polar surface area (TPSA) is 67.9 Å². The van der Waals surface area contributed by atoms with Crippen LogP contribution in [-0.4, -0.2) is 42.4 Å². The largest absolute Gasteiger partial charge is 0.493 e. The van der Waals surface area contributed by atoms with Crippen molar-refractivity contribution in [1.29, 1.82) is 0 Å². The fraction of sp³-hybridized carbons (Fsp3) is 0.538. The summed E-state index contributed by atoms with van der Waals surface area (Å²) in [6.45, 7) is 2.91. The van der Waals surface area contributed by atoms with E-state index in [1.54, 1.807) is 29.4 Å². The van der Waals surface area contributed by atoms with Crippen molar-refractivity contribution in [3.8, 4) is 11.5 Å². The summed E-state index contributed by atoms with van der Waals surface area (Å²) in [6.07, 6.45) is 7.39. The molecule has 1 saturated carbocycles. The maximum Gasteiger partial charge on any atom is 0.247 e. The molecule has 34 heavy (non-hydrogen) atoms. The molecule has 1 atom stereocenters. The number of amides is 2. The first kappa shape index (κ1) is 26.4. The molecule has 1 aromatic heterocycles. The number of methoxy groups -OCH3 is 1. The van der Waals surface area contributed by atoms with Crippen LogP contribution in [0, 0.1) is 0 Å². The maximum absolute atomic E-state index is 13.8. The van der Waals surface area contributed by atoms with E-state index < -0.39 is 6.04 Å². The lowest BCUT2D eigenvalue weighted by molar-refractivity contribution is -0.140. The molecule has 0 radical (unpaired) electrons. The second kappa shape index (κ2) is 13.6. The normalized spacial score (nSPS) is 15.3. The Kier molecular flexibility index (Phi) is 10.5. The molecule has 186 valence electrons. The van der Waals surface area contributed by atoms with Gasteiger partial charge in [-0.2, -0.15) is 0 Å². The molecule has 1 N–H and O–H groups in total. The van der Waals surface area contributed by atoms with E-state index >= 15 is 0 Å². The smallest absolute Gasteiger partial charge is 0.247 e. The van der Waals surface area contributed by atoms with Crippen molar-refractivity contribution < 1.29 is 19.1 Å². The van der Waals surface area contributed by atoms with E-state index in [9.17, 15) is 9.59 Å². The Bertz CT molecular complexity index is 914. The predicted molar refractivity (Wildman–Crippen MR) is 137 cm³/mol. The van der Waals surface area contributed by atoms with E-state index in [0.717, 1.165) is 37.0 Å². The summed E-state index contributed by atoms with van der Waals surface area (Å²) < 4.78 is 11.4. The molecule has 8 heteroatoms. The number of nitrogens with one attached hydrogen (secondary N) is 1. The lowest BCUT2D eigenvalue weighted by Crippen LogP contribution is -2.46. The van der Waals surface area contributed by atoms with Crippen molar-refractivity contribution in [3.05, 3.63) is 46.2 Å². The average Bonchev–Trinajstić information content (AvgIpc) is 3.24. The minimum atomic E-state index is -0.828. The predicted octanol–water partition coefficient (Wildman–Crippen LogP) is 5.69. The molecule has 0 spiro atoms. The van der Waals surface area contributed by atoms with E-state index in [2.05, 4.69) is 5.32 Å². The van der Waals surface area contributed by atoms with Crippen LogP contribution in [0.25, 0.3) is 0 Å². The van der Waals surface area contributed by atoms with Gasteiger partial charge in [-0.05, 0) is 48.4 Å². The molecule has 0 aliphatic heterocycles. The summed E-state index contributed by atoms with van der Waals surface area (Å²) in [5.41, 5.74) is 0.668. The zero-order chi connectivity index (χ0) is 24.3. The minimum absolute atomic E-state index is 0.112. The molecule has 1 unspecified atom stereocenters. The van der Waals surface area contributed by atoms with E-state index in [0.29, 0.717) is 30.2 Å². The molecular weight excluding hydrogens is 472 g/mol. The van der Waals surface area contributed by atoms with Crippen LogP contribution in [0.2, 0.25) is 0 Å². The number of carbonyl (C=O) groups excluding carboxylic acids is 2. The first-order valence-electron chi connectivity index (χ1n) is 12.1. The Labute approximate surface area is 211 Å². The Hall–Kier alpha value is -2.25. The Morgan fingerprint density at radius 1 is 1.18 bits per heavy atom. The van der Waals surface area contributed by atoms with Crippen molar-refractivity contribution in [1.82, 2.24) is 10.2 Å². The van der Waals surface area contributed by atoms with Crippen molar-refractivity contribution in [3.63, 3.8) is 0 Å². The molecule has 1 aliphatic carbocycles. The highest BCUT2D eigenvalue weighted by atomic mass is 35.5. The number of halogens is 1. The fourth-order valence-corrected chi connectivity index (χ4v) is 5.19. The summed E-state index contributed by atoms with van der Waals surface area (Å²) in [4.78, 5) is 29.3. The molecule has 1 aliphatic rings. The quantitative estimate of drug-likeness (QED) is 0.314. The third kappa shape index (κ3) is 7.12. The van der Waals surface area contributed by atoms with Gasteiger partial charge < -0.3 is 19.7 Å². The number of carbonyl (C=O) groups is 2. The standard InChI is InChI=1S/C26H35ClN2O4S/c1-3-14-33-22-13-12-19(16-23(22)32-2)25(26(31)28-20-9-6-4-5-7-10-20)29(24(30)17-27)18-21-11-8-15-34-21/h8,11-13,15-16,20,25H,3-7,9-10,14,17-18H2,1-2H3,(H,28,31). The second-order valence-electron chi connectivity index (χ2n) is 8.59. The highest BCUT2D eigenvalue weighted by Crippen LogP contribution is 2.34. The van der Waals surface area contributed by atoms with Gasteiger partial charge in [-0.15, -0.1) is 22.9 Å². The van der Waals surface area contributed by atoms with E-state index in [4.69, 9.17) is 21.1 Å². The SMILES string of the molecule is CCCOc1ccc(C(C(=O)NC2CCCCCC2)N(Cc2cccs2)C(=O)CCl)cc1OC. The number of alkyl halides is 1.